The van der Waals surface area contributed by atoms with Crippen molar-refractivity contribution in [2.75, 3.05) is 26.7 Å². The van der Waals surface area contributed by atoms with Crippen LogP contribution in [0.3, 0.4) is 0 Å². The Morgan fingerprint density at radius 3 is 2.47 bits per heavy atom. The highest BCUT2D eigenvalue weighted by Crippen LogP contribution is 2.38. The molecule has 0 aromatic carbocycles. The van der Waals surface area contributed by atoms with Gasteiger partial charge in [0.25, 0.3) is 0 Å². The van der Waals surface area contributed by atoms with Gasteiger partial charge < -0.3 is 9.80 Å². The fourth-order valence-electron chi connectivity index (χ4n) is 2.58. The second kappa shape index (κ2) is 5.85. The molecule has 0 radical (unpaired) electrons. The van der Waals surface area contributed by atoms with Gasteiger partial charge in [0.1, 0.15) is 0 Å². The lowest BCUT2D eigenvalue weighted by Gasteiger charge is -2.30. The molecule has 1 aliphatic heterocycles. The fraction of sp³-hybridized carbons (Fsp3) is 0.929. The van der Waals surface area contributed by atoms with E-state index in [1.165, 1.54) is 0 Å². The van der Waals surface area contributed by atoms with E-state index in [4.69, 9.17) is 0 Å². The van der Waals surface area contributed by atoms with Gasteiger partial charge in [0.2, 0.25) is 5.91 Å². The summed E-state index contributed by atoms with van der Waals surface area (Å²) in [5.74, 6) is 0.389. The molecule has 1 saturated heterocycles. The number of hydrogen-bond acceptors (Lipinski definition) is 2. The molecule has 1 heterocycles. The molecule has 0 N–H and O–H groups in total. The molecule has 1 fully saturated rings. The zero-order valence-corrected chi connectivity index (χ0v) is 12.1. The Balaban J connectivity index is 2.62. The summed E-state index contributed by atoms with van der Waals surface area (Å²) in [6, 6.07) is 0.558. The fourth-order valence-corrected chi connectivity index (χ4v) is 2.58. The number of carbonyl (C=O) groups excluding carboxylic acids is 1. The predicted molar refractivity (Wildman–Crippen MR) is 72.0 cm³/mol. The Morgan fingerprint density at radius 2 is 2.06 bits per heavy atom. The van der Waals surface area contributed by atoms with Crippen molar-refractivity contribution in [3.63, 3.8) is 0 Å². The van der Waals surface area contributed by atoms with E-state index in [9.17, 15) is 4.79 Å². The minimum atomic E-state index is -0.0703. The van der Waals surface area contributed by atoms with Crippen molar-refractivity contribution < 1.29 is 4.79 Å². The van der Waals surface area contributed by atoms with E-state index in [-0.39, 0.29) is 5.41 Å². The molecule has 0 spiro atoms. The molecular weight excluding hydrogens is 212 g/mol. The molecule has 0 aliphatic carbocycles. The lowest BCUT2D eigenvalue weighted by atomic mass is 9.80. The Labute approximate surface area is 106 Å². The summed E-state index contributed by atoms with van der Waals surface area (Å²) in [5, 5.41) is 0. The first-order valence-corrected chi connectivity index (χ1v) is 6.96. The summed E-state index contributed by atoms with van der Waals surface area (Å²) < 4.78 is 0. The van der Waals surface area contributed by atoms with Crippen molar-refractivity contribution in [3.8, 4) is 0 Å². The standard InChI is InChI=1S/C14H28N2O/c1-6-14(8-10-15(5)12(3)4)9-11-16(7-2)13(14)17/h12H,6-11H2,1-5H3. The lowest BCUT2D eigenvalue weighted by Crippen LogP contribution is -2.38. The van der Waals surface area contributed by atoms with Gasteiger partial charge in [0.05, 0.1) is 5.41 Å². The zero-order valence-electron chi connectivity index (χ0n) is 12.1. The first-order valence-electron chi connectivity index (χ1n) is 6.96. The highest BCUT2D eigenvalue weighted by Gasteiger charge is 2.44. The monoisotopic (exact) mass is 240 g/mol. The third-order valence-corrected chi connectivity index (χ3v) is 4.48. The molecule has 0 aromatic heterocycles. The van der Waals surface area contributed by atoms with Crippen LogP contribution in [-0.2, 0) is 4.79 Å². The first-order chi connectivity index (χ1) is 7.96. The van der Waals surface area contributed by atoms with Gasteiger partial charge in [-0.25, -0.2) is 0 Å². The summed E-state index contributed by atoms with van der Waals surface area (Å²) >= 11 is 0. The van der Waals surface area contributed by atoms with Crippen LogP contribution in [0.2, 0.25) is 0 Å². The maximum Gasteiger partial charge on any atom is 0.228 e. The predicted octanol–water partition coefficient (Wildman–Crippen LogP) is 2.37. The SMILES string of the molecule is CCN1CCC(CC)(CCN(C)C(C)C)C1=O. The molecule has 3 heteroatoms. The lowest BCUT2D eigenvalue weighted by molar-refractivity contribution is -0.136. The number of amides is 1. The van der Waals surface area contributed by atoms with Crippen LogP contribution in [0.1, 0.15) is 47.0 Å². The van der Waals surface area contributed by atoms with E-state index >= 15 is 0 Å². The molecule has 0 aromatic rings. The zero-order chi connectivity index (χ0) is 13.1. The van der Waals surface area contributed by atoms with Crippen molar-refractivity contribution in [2.24, 2.45) is 5.41 Å². The van der Waals surface area contributed by atoms with Crippen LogP contribution in [0, 0.1) is 5.41 Å². The molecule has 1 atom stereocenters. The van der Waals surface area contributed by atoms with Crippen LogP contribution >= 0.6 is 0 Å². The maximum absolute atomic E-state index is 12.4. The normalized spacial score (nSPS) is 25.4. The van der Waals surface area contributed by atoms with E-state index in [2.05, 4.69) is 39.6 Å². The molecule has 17 heavy (non-hydrogen) atoms. The third kappa shape index (κ3) is 3.01. The molecule has 1 amide bonds. The van der Waals surface area contributed by atoms with Gasteiger partial charge in [0, 0.05) is 19.1 Å². The van der Waals surface area contributed by atoms with Gasteiger partial charge in [-0.3, -0.25) is 4.79 Å². The molecule has 1 unspecified atom stereocenters. The summed E-state index contributed by atoms with van der Waals surface area (Å²) in [4.78, 5) is 16.7. The summed E-state index contributed by atoms with van der Waals surface area (Å²) in [5.41, 5.74) is -0.0703. The number of rotatable bonds is 6. The van der Waals surface area contributed by atoms with Gasteiger partial charge in [-0.15, -0.1) is 0 Å². The molecule has 1 aliphatic rings. The second-order valence-electron chi connectivity index (χ2n) is 5.59. The Kier molecular flexibility index (Phi) is 4.99. The van der Waals surface area contributed by atoms with Crippen LogP contribution in [0.25, 0.3) is 0 Å². The number of nitrogens with zero attached hydrogens (tertiary/aromatic N) is 2. The van der Waals surface area contributed by atoms with E-state index in [1.54, 1.807) is 0 Å². The van der Waals surface area contributed by atoms with E-state index in [0.29, 0.717) is 11.9 Å². The summed E-state index contributed by atoms with van der Waals surface area (Å²) in [6.45, 7) is 11.5. The van der Waals surface area contributed by atoms with Gasteiger partial charge in [-0.1, -0.05) is 6.92 Å². The van der Waals surface area contributed by atoms with Gasteiger partial charge in [-0.2, -0.15) is 0 Å². The maximum atomic E-state index is 12.4. The number of carbonyl (C=O) groups is 1. The minimum absolute atomic E-state index is 0.0703. The highest BCUT2D eigenvalue weighted by molar-refractivity contribution is 5.84. The molecule has 0 saturated carbocycles. The van der Waals surface area contributed by atoms with Crippen LogP contribution in [0.4, 0.5) is 0 Å². The third-order valence-electron chi connectivity index (χ3n) is 4.48. The average molecular weight is 240 g/mol. The largest absolute Gasteiger partial charge is 0.342 e. The summed E-state index contributed by atoms with van der Waals surface area (Å²) in [6.07, 6.45) is 3.03. The van der Waals surface area contributed by atoms with Gasteiger partial charge in [-0.05, 0) is 53.6 Å². The van der Waals surface area contributed by atoms with Crippen LogP contribution in [-0.4, -0.2) is 48.4 Å². The Bertz CT molecular complexity index is 265. The van der Waals surface area contributed by atoms with Crippen LogP contribution in [0.5, 0.6) is 0 Å². The minimum Gasteiger partial charge on any atom is -0.342 e. The van der Waals surface area contributed by atoms with Gasteiger partial charge in [0.15, 0.2) is 0 Å². The molecule has 0 bridgehead atoms. The first kappa shape index (κ1) is 14.5. The van der Waals surface area contributed by atoms with Crippen molar-refractivity contribution in [1.82, 2.24) is 9.80 Å². The average Bonchev–Trinajstić information content (AvgIpc) is 2.63. The molecule has 1 rings (SSSR count). The quantitative estimate of drug-likeness (QED) is 0.711. The number of hydrogen-bond donors (Lipinski definition) is 0. The van der Waals surface area contributed by atoms with Crippen molar-refractivity contribution >= 4 is 5.91 Å². The Morgan fingerprint density at radius 1 is 1.41 bits per heavy atom. The molecule has 100 valence electrons. The van der Waals surface area contributed by atoms with Crippen LogP contribution < -0.4 is 0 Å². The molecule has 3 nitrogen and oxygen atoms in total. The molecular formula is C14H28N2O. The van der Waals surface area contributed by atoms with E-state index in [0.717, 1.165) is 38.9 Å². The van der Waals surface area contributed by atoms with E-state index in [1.807, 2.05) is 4.90 Å². The highest BCUT2D eigenvalue weighted by atomic mass is 16.2. The van der Waals surface area contributed by atoms with Crippen molar-refractivity contribution in [1.29, 1.82) is 0 Å². The second-order valence-corrected chi connectivity index (χ2v) is 5.59. The summed E-state index contributed by atoms with van der Waals surface area (Å²) in [7, 11) is 2.14. The Hall–Kier alpha value is -0.570. The van der Waals surface area contributed by atoms with Crippen LogP contribution in [0.15, 0.2) is 0 Å². The number of likely N-dealkylation sites (tertiary alicyclic amines) is 1. The van der Waals surface area contributed by atoms with Crippen molar-refractivity contribution in [3.05, 3.63) is 0 Å². The van der Waals surface area contributed by atoms with E-state index < -0.39 is 0 Å². The van der Waals surface area contributed by atoms with Gasteiger partial charge >= 0.3 is 0 Å². The smallest absolute Gasteiger partial charge is 0.228 e. The topological polar surface area (TPSA) is 23.6 Å². The van der Waals surface area contributed by atoms with Crippen molar-refractivity contribution in [2.45, 2.75) is 53.0 Å².